The maximum absolute atomic E-state index is 5.71. The zero-order chi connectivity index (χ0) is 19.6. The van der Waals surface area contributed by atoms with Crippen LogP contribution < -0.4 is 20.3 Å². The number of pyridine rings is 1. The summed E-state index contributed by atoms with van der Waals surface area (Å²) in [5, 5.41) is 6.72. The Kier molecular flexibility index (Phi) is 10.0. The van der Waals surface area contributed by atoms with Gasteiger partial charge in [-0.05, 0) is 50.5 Å². The van der Waals surface area contributed by atoms with E-state index in [0.717, 1.165) is 42.7 Å². The molecule has 6 nitrogen and oxygen atoms in total. The molecule has 2 N–H and O–H groups in total. The number of para-hydroxylation sites is 1. The molecule has 0 unspecified atom stereocenters. The van der Waals surface area contributed by atoms with Gasteiger partial charge < -0.3 is 20.3 Å². The fourth-order valence-electron chi connectivity index (χ4n) is 3.32. The van der Waals surface area contributed by atoms with Crippen LogP contribution in [-0.2, 0) is 13.1 Å². The third-order valence-electron chi connectivity index (χ3n) is 4.72. The van der Waals surface area contributed by atoms with E-state index in [4.69, 9.17) is 9.73 Å². The number of benzene rings is 1. The molecule has 0 spiro atoms. The van der Waals surface area contributed by atoms with E-state index in [1.54, 1.807) is 0 Å². The lowest BCUT2D eigenvalue weighted by molar-refractivity contribution is 0.336. The minimum absolute atomic E-state index is 0. The fraction of sp³-hybridized carbons (Fsp3) is 0.455. The summed E-state index contributed by atoms with van der Waals surface area (Å²) in [7, 11) is 0. The number of anilines is 1. The maximum Gasteiger partial charge on any atom is 0.191 e. The zero-order valence-electron chi connectivity index (χ0n) is 17.4. The molecule has 29 heavy (non-hydrogen) atoms. The Morgan fingerprint density at radius 2 is 1.93 bits per heavy atom. The van der Waals surface area contributed by atoms with Gasteiger partial charge in [-0.3, -0.25) is 0 Å². The van der Waals surface area contributed by atoms with Crippen LogP contribution in [0.5, 0.6) is 5.75 Å². The molecule has 7 heteroatoms. The molecule has 1 fully saturated rings. The normalized spacial score (nSPS) is 13.7. The minimum atomic E-state index is 0. The summed E-state index contributed by atoms with van der Waals surface area (Å²) in [4.78, 5) is 11.6. The minimum Gasteiger partial charge on any atom is -0.494 e. The molecule has 3 rings (SSSR count). The highest BCUT2D eigenvalue weighted by Gasteiger charge is 2.13. The fourth-order valence-corrected chi connectivity index (χ4v) is 3.32. The van der Waals surface area contributed by atoms with Gasteiger partial charge in [0.25, 0.3) is 0 Å². The van der Waals surface area contributed by atoms with E-state index in [-0.39, 0.29) is 24.0 Å². The highest BCUT2D eigenvalue weighted by molar-refractivity contribution is 14.0. The average Bonchev–Trinajstić information content (AvgIpc) is 3.26. The first-order chi connectivity index (χ1) is 13.8. The molecule has 0 amide bonds. The molecule has 0 atom stereocenters. The van der Waals surface area contributed by atoms with E-state index in [1.165, 1.54) is 18.4 Å². The van der Waals surface area contributed by atoms with Crippen LogP contribution in [0.3, 0.4) is 0 Å². The molecule has 1 aromatic carbocycles. The first-order valence-electron chi connectivity index (χ1n) is 10.2. The summed E-state index contributed by atoms with van der Waals surface area (Å²) in [6, 6.07) is 12.3. The Balaban J connectivity index is 0.00000300. The lowest BCUT2D eigenvalue weighted by Gasteiger charge is -2.17. The molecular formula is C22H32IN5O. The van der Waals surface area contributed by atoms with Crippen LogP contribution in [0, 0.1) is 0 Å². The van der Waals surface area contributed by atoms with Gasteiger partial charge in [0.1, 0.15) is 11.6 Å². The van der Waals surface area contributed by atoms with Crippen molar-refractivity contribution < 1.29 is 4.74 Å². The van der Waals surface area contributed by atoms with Gasteiger partial charge in [-0.1, -0.05) is 18.2 Å². The van der Waals surface area contributed by atoms with Crippen LogP contribution in [0.1, 0.15) is 37.8 Å². The third-order valence-corrected chi connectivity index (χ3v) is 4.72. The van der Waals surface area contributed by atoms with Crippen molar-refractivity contribution in [2.45, 2.75) is 39.8 Å². The third kappa shape index (κ3) is 7.06. The second-order valence-corrected chi connectivity index (χ2v) is 6.81. The molecule has 1 aliphatic rings. The molecule has 1 aromatic heterocycles. The molecule has 0 saturated carbocycles. The van der Waals surface area contributed by atoms with E-state index >= 15 is 0 Å². The SMILES string of the molecule is CCNC(=NCc1ccnc(N2CCCC2)c1)NCc1ccccc1OCC.I. The lowest BCUT2D eigenvalue weighted by Crippen LogP contribution is -2.36. The summed E-state index contributed by atoms with van der Waals surface area (Å²) in [5.74, 6) is 2.78. The van der Waals surface area contributed by atoms with Gasteiger partial charge in [0.2, 0.25) is 0 Å². The summed E-state index contributed by atoms with van der Waals surface area (Å²) in [6.45, 7) is 9.03. The number of halogens is 1. The summed E-state index contributed by atoms with van der Waals surface area (Å²) < 4.78 is 5.71. The monoisotopic (exact) mass is 509 g/mol. The first kappa shape index (κ1) is 23.3. The van der Waals surface area contributed by atoms with Crippen LogP contribution in [0.15, 0.2) is 47.6 Å². The molecule has 1 aliphatic heterocycles. The Bertz CT molecular complexity index is 777. The zero-order valence-corrected chi connectivity index (χ0v) is 19.7. The number of nitrogens with one attached hydrogen (secondary N) is 2. The van der Waals surface area contributed by atoms with Crippen molar-refractivity contribution in [1.29, 1.82) is 0 Å². The second-order valence-electron chi connectivity index (χ2n) is 6.81. The van der Waals surface area contributed by atoms with Crippen LogP contribution in [0.2, 0.25) is 0 Å². The number of aliphatic imine (C=N–C) groups is 1. The van der Waals surface area contributed by atoms with Gasteiger partial charge >= 0.3 is 0 Å². The molecule has 0 radical (unpaired) electrons. The van der Waals surface area contributed by atoms with Crippen molar-refractivity contribution in [2.75, 3.05) is 31.1 Å². The van der Waals surface area contributed by atoms with Crippen molar-refractivity contribution >= 4 is 35.8 Å². The number of nitrogens with zero attached hydrogens (tertiary/aromatic N) is 3. The van der Waals surface area contributed by atoms with E-state index in [9.17, 15) is 0 Å². The number of hydrogen-bond acceptors (Lipinski definition) is 4. The average molecular weight is 509 g/mol. The van der Waals surface area contributed by atoms with E-state index in [1.807, 2.05) is 37.4 Å². The smallest absolute Gasteiger partial charge is 0.191 e. The van der Waals surface area contributed by atoms with Crippen LogP contribution in [0.25, 0.3) is 0 Å². The molecular weight excluding hydrogens is 477 g/mol. The van der Waals surface area contributed by atoms with E-state index in [0.29, 0.717) is 19.7 Å². The van der Waals surface area contributed by atoms with Crippen LogP contribution in [-0.4, -0.2) is 37.2 Å². The molecule has 2 heterocycles. The maximum atomic E-state index is 5.71. The van der Waals surface area contributed by atoms with Crippen molar-refractivity contribution in [3.63, 3.8) is 0 Å². The molecule has 0 aliphatic carbocycles. The number of rotatable bonds is 8. The van der Waals surface area contributed by atoms with E-state index in [2.05, 4.69) is 39.6 Å². The van der Waals surface area contributed by atoms with Gasteiger partial charge in [-0.15, -0.1) is 24.0 Å². The van der Waals surface area contributed by atoms with Crippen molar-refractivity contribution in [3.8, 4) is 5.75 Å². The highest BCUT2D eigenvalue weighted by Crippen LogP contribution is 2.19. The standard InChI is InChI=1S/C22H31N5O.HI/c1-3-23-22(26-17-19-9-5-6-10-20(19)28-4-2)25-16-18-11-12-24-21(15-18)27-13-7-8-14-27;/h5-6,9-12,15H,3-4,7-8,13-14,16-17H2,1-2H3,(H2,23,25,26);1H. The topological polar surface area (TPSA) is 61.8 Å². The predicted molar refractivity (Wildman–Crippen MR) is 130 cm³/mol. The Morgan fingerprint density at radius 3 is 2.69 bits per heavy atom. The predicted octanol–water partition coefficient (Wildman–Crippen LogP) is 3.95. The quantitative estimate of drug-likeness (QED) is 0.321. The number of hydrogen-bond donors (Lipinski definition) is 2. The molecule has 2 aromatic rings. The van der Waals surface area contributed by atoms with Crippen molar-refractivity contribution in [1.82, 2.24) is 15.6 Å². The second kappa shape index (κ2) is 12.5. The van der Waals surface area contributed by atoms with Crippen molar-refractivity contribution in [2.24, 2.45) is 4.99 Å². The Hall–Kier alpha value is -2.03. The molecule has 1 saturated heterocycles. The van der Waals surface area contributed by atoms with Crippen molar-refractivity contribution in [3.05, 3.63) is 53.7 Å². The Morgan fingerprint density at radius 1 is 1.14 bits per heavy atom. The van der Waals surface area contributed by atoms with E-state index < -0.39 is 0 Å². The largest absolute Gasteiger partial charge is 0.494 e. The van der Waals surface area contributed by atoms with Gasteiger partial charge in [0.15, 0.2) is 5.96 Å². The Labute approximate surface area is 191 Å². The van der Waals surface area contributed by atoms with Crippen LogP contribution in [0.4, 0.5) is 5.82 Å². The van der Waals surface area contributed by atoms with Gasteiger partial charge in [-0.25, -0.2) is 9.98 Å². The van der Waals surface area contributed by atoms with Gasteiger partial charge in [-0.2, -0.15) is 0 Å². The molecule has 0 bridgehead atoms. The lowest BCUT2D eigenvalue weighted by atomic mass is 10.2. The van der Waals surface area contributed by atoms with Gasteiger partial charge in [0.05, 0.1) is 13.2 Å². The number of aromatic nitrogens is 1. The highest BCUT2D eigenvalue weighted by atomic mass is 127. The van der Waals surface area contributed by atoms with Gasteiger partial charge in [0, 0.05) is 37.9 Å². The summed E-state index contributed by atoms with van der Waals surface area (Å²) in [5.41, 5.74) is 2.29. The number of guanidine groups is 1. The summed E-state index contributed by atoms with van der Waals surface area (Å²) >= 11 is 0. The number of ether oxygens (including phenoxy) is 1. The molecule has 158 valence electrons. The first-order valence-corrected chi connectivity index (χ1v) is 10.2. The summed E-state index contributed by atoms with van der Waals surface area (Å²) in [6.07, 6.45) is 4.39. The van der Waals surface area contributed by atoms with Crippen LogP contribution >= 0.6 is 24.0 Å².